The van der Waals surface area contributed by atoms with Crippen molar-refractivity contribution in [2.24, 2.45) is 0 Å². The summed E-state index contributed by atoms with van der Waals surface area (Å²) in [6, 6.07) is 0. The third-order valence-corrected chi connectivity index (χ3v) is 2.87. The van der Waals surface area contributed by atoms with E-state index in [9.17, 15) is 9.59 Å². The van der Waals surface area contributed by atoms with Crippen molar-refractivity contribution in [2.45, 2.75) is 18.1 Å². The van der Waals surface area contributed by atoms with Gasteiger partial charge >= 0.3 is 5.97 Å². The number of esters is 1. The van der Waals surface area contributed by atoms with Gasteiger partial charge in [-0.3, -0.25) is 9.59 Å². The number of thioether (sulfide) groups is 1. The van der Waals surface area contributed by atoms with Crippen LogP contribution in [0.25, 0.3) is 0 Å². The lowest BCUT2D eigenvalue weighted by molar-refractivity contribution is -0.142. The molecule has 0 N–H and O–H groups in total. The molecule has 1 aliphatic rings. The fourth-order valence-electron chi connectivity index (χ4n) is 0.978. The molecule has 0 aromatic heterocycles. The molecule has 1 saturated heterocycles. The van der Waals surface area contributed by atoms with Gasteiger partial charge < -0.3 is 4.74 Å². The van der Waals surface area contributed by atoms with Crippen LogP contribution in [0.1, 0.15) is 12.8 Å². The Morgan fingerprint density at radius 1 is 1.73 bits per heavy atom. The summed E-state index contributed by atoms with van der Waals surface area (Å²) in [6.45, 7) is 0. The summed E-state index contributed by atoms with van der Waals surface area (Å²) >= 11 is 1.38. The number of Topliss-reactive ketones (excluding diaryl/α,β-unsaturated/α-hetero) is 1. The van der Waals surface area contributed by atoms with E-state index in [1.54, 1.807) is 0 Å². The van der Waals surface area contributed by atoms with Crippen molar-refractivity contribution < 1.29 is 14.3 Å². The minimum Gasteiger partial charge on any atom is -0.468 e. The van der Waals surface area contributed by atoms with Crippen molar-refractivity contribution in [3.8, 4) is 0 Å². The van der Waals surface area contributed by atoms with E-state index in [-0.39, 0.29) is 5.78 Å². The first-order valence-corrected chi connectivity index (χ1v) is 4.52. The number of carbonyl (C=O) groups is 2. The fraction of sp³-hybridized carbons (Fsp3) is 0.714. The van der Waals surface area contributed by atoms with Crippen LogP contribution in [0, 0.1) is 0 Å². The third kappa shape index (κ3) is 1.96. The predicted octanol–water partition coefficient (Wildman–Crippen LogP) is 0.624. The average Bonchev–Trinajstić information content (AvgIpc) is 2.04. The number of hydrogen-bond donors (Lipinski definition) is 0. The lowest BCUT2D eigenvalue weighted by Gasteiger charge is -2.17. The molecular formula is C7H10O3S. The zero-order chi connectivity index (χ0) is 8.27. The Morgan fingerprint density at radius 2 is 2.45 bits per heavy atom. The summed E-state index contributed by atoms with van der Waals surface area (Å²) in [6.07, 6.45) is 1.41. The molecule has 0 bridgehead atoms. The second kappa shape index (κ2) is 3.76. The Kier molecular flexibility index (Phi) is 2.93. The van der Waals surface area contributed by atoms with Crippen molar-refractivity contribution in [3.05, 3.63) is 0 Å². The molecule has 1 fully saturated rings. The zero-order valence-corrected chi connectivity index (χ0v) is 7.15. The molecule has 0 spiro atoms. The molecule has 0 saturated carbocycles. The van der Waals surface area contributed by atoms with Crippen LogP contribution in [0.3, 0.4) is 0 Å². The van der Waals surface area contributed by atoms with Gasteiger partial charge in [0.25, 0.3) is 0 Å². The van der Waals surface area contributed by atoms with Gasteiger partial charge in [-0.05, 0) is 12.2 Å². The van der Waals surface area contributed by atoms with E-state index >= 15 is 0 Å². The quantitative estimate of drug-likeness (QED) is 0.432. The zero-order valence-electron chi connectivity index (χ0n) is 6.33. The molecule has 1 rings (SSSR count). The summed E-state index contributed by atoms with van der Waals surface area (Å²) < 4.78 is 4.48. The molecule has 0 amide bonds. The minimum absolute atomic E-state index is 0.00750. The molecule has 0 unspecified atom stereocenters. The summed E-state index contributed by atoms with van der Waals surface area (Å²) in [5.41, 5.74) is 0. The van der Waals surface area contributed by atoms with Crippen LogP contribution < -0.4 is 0 Å². The van der Waals surface area contributed by atoms with Crippen molar-refractivity contribution in [3.63, 3.8) is 0 Å². The lowest BCUT2D eigenvalue weighted by Crippen LogP contribution is -2.31. The third-order valence-electron chi connectivity index (χ3n) is 1.56. The maximum Gasteiger partial charge on any atom is 0.326 e. The van der Waals surface area contributed by atoms with Gasteiger partial charge in [0.15, 0.2) is 11.0 Å². The van der Waals surface area contributed by atoms with Gasteiger partial charge in [-0.25, -0.2) is 0 Å². The van der Waals surface area contributed by atoms with E-state index in [1.165, 1.54) is 18.9 Å². The first-order chi connectivity index (χ1) is 5.25. The van der Waals surface area contributed by atoms with E-state index in [4.69, 9.17) is 0 Å². The lowest BCUT2D eigenvalue weighted by atomic mass is 10.1. The van der Waals surface area contributed by atoms with E-state index in [2.05, 4.69) is 4.74 Å². The molecule has 0 aliphatic carbocycles. The van der Waals surface area contributed by atoms with Crippen molar-refractivity contribution >= 4 is 23.5 Å². The highest BCUT2D eigenvalue weighted by atomic mass is 32.2. The standard InChI is InChI=1S/C7H10O3S/c1-10-7(9)6-5(8)3-2-4-11-6/h6H,2-4H2,1H3/t6-/m1/s1. The number of ketones is 1. The highest BCUT2D eigenvalue weighted by Gasteiger charge is 2.30. The van der Waals surface area contributed by atoms with Gasteiger partial charge in [0.05, 0.1) is 7.11 Å². The monoisotopic (exact) mass is 174 g/mol. The van der Waals surface area contributed by atoms with Gasteiger partial charge in [0, 0.05) is 6.42 Å². The first kappa shape index (κ1) is 8.59. The number of methoxy groups -OCH3 is 1. The van der Waals surface area contributed by atoms with E-state index in [0.717, 1.165) is 12.2 Å². The SMILES string of the molecule is COC(=O)[C@@H]1SCCCC1=O. The highest BCUT2D eigenvalue weighted by Crippen LogP contribution is 2.22. The van der Waals surface area contributed by atoms with Crippen molar-refractivity contribution in [1.29, 1.82) is 0 Å². The molecule has 3 nitrogen and oxygen atoms in total. The molecule has 1 atom stereocenters. The topological polar surface area (TPSA) is 43.4 Å². The maximum absolute atomic E-state index is 11.1. The summed E-state index contributed by atoms with van der Waals surface area (Å²) in [7, 11) is 1.31. The summed E-state index contributed by atoms with van der Waals surface area (Å²) in [4.78, 5) is 22.0. The summed E-state index contributed by atoms with van der Waals surface area (Å²) in [5.74, 6) is 0.485. The van der Waals surface area contributed by atoms with Crippen LogP contribution in [-0.2, 0) is 14.3 Å². The van der Waals surface area contributed by atoms with Crippen LogP contribution in [0.15, 0.2) is 0 Å². The number of rotatable bonds is 1. The Morgan fingerprint density at radius 3 is 3.00 bits per heavy atom. The molecule has 1 heterocycles. The van der Waals surface area contributed by atoms with Crippen LogP contribution in [0.2, 0.25) is 0 Å². The van der Waals surface area contributed by atoms with Crippen LogP contribution in [-0.4, -0.2) is 29.9 Å². The molecule has 1 aliphatic heterocycles. The first-order valence-electron chi connectivity index (χ1n) is 3.48. The second-order valence-corrected chi connectivity index (χ2v) is 3.56. The smallest absolute Gasteiger partial charge is 0.326 e. The van der Waals surface area contributed by atoms with E-state index < -0.39 is 11.2 Å². The largest absolute Gasteiger partial charge is 0.468 e. The van der Waals surface area contributed by atoms with Gasteiger partial charge in [-0.1, -0.05) is 0 Å². The molecular weight excluding hydrogens is 164 g/mol. The predicted molar refractivity (Wildman–Crippen MR) is 42.5 cm³/mol. The number of carbonyl (C=O) groups excluding carboxylic acids is 2. The Bertz CT molecular complexity index is 171. The van der Waals surface area contributed by atoms with Crippen LogP contribution in [0.5, 0.6) is 0 Å². The van der Waals surface area contributed by atoms with Gasteiger partial charge in [0.2, 0.25) is 0 Å². The van der Waals surface area contributed by atoms with E-state index in [0.29, 0.717) is 6.42 Å². The fourth-order valence-corrected chi connectivity index (χ4v) is 2.06. The molecule has 0 aromatic rings. The van der Waals surface area contributed by atoms with E-state index in [1.807, 2.05) is 0 Å². The molecule has 62 valence electrons. The Labute approximate surface area is 69.5 Å². The van der Waals surface area contributed by atoms with Crippen molar-refractivity contribution in [1.82, 2.24) is 0 Å². The Balaban J connectivity index is 2.54. The number of ether oxygens (including phenoxy) is 1. The maximum atomic E-state index is 11.1. The van der Waals surface area contributed by atoms with Crippen LogP contribution in [0.4, 0.5) is 0 Å². The summed E-state index contributed by atoms with van der Waals surface area (Å²) in [5, 5.41) is -0.547. The van der Waals surface area contributed by atoms with Crippen molar-refractivity contribution in [2.75, 3.05) is 12.9 Å². The second-order valence-electron chi connectivity index (χ2n) is 2.34. The molecule has 0 radical (unpaired) electrons. The average molecular weight is 174 g/mol. The molecule has 0 aromatic carbocycles. The highest BCUT2D eigenvalue weighted by molar-refractivity contribution is 8.01. The van der Waals surface area contributed by atoms with Gasteiger partial charge in [-0.15, -0.1) is 11.8 Å². The van der Waals surface area contributed by atoms with Crippen LogP contribution >= 0.6 is 11.8 Å². The Hall–Kier alpha value is -0.510. The minimum atomic E-state index is -0.547. The molecule has 11 heavy (non-hydrogen) atoms. The molecule has 4 heteroatoms. The van der Waals surface area contributed by atoms with Gasteiger partial charge in [0.1, 0.15) is 0 Å². The number of hydrogen-bond acceptors (Lipinski definition) is 4. The van der Waals surface area contributed by atoms with Gasteiger partial charge in [-0.2, -0.15) is 0 Å². The normalized spacial score (nSPS) is 24.8.